The standard InChI is InChI=1S/C15H19N3O2/c1-11(2)7-18-15(16-10-17-18)9-20-14-5-4-12(3)6-13(14)8-19/h4-6,8,10-11H,7,9H2,1-3H3. The normalized spacial score (nSPS) is 10.8. The Morgan fingerprint density at radius 2 is 2.20 bits per heavy atom. The second-order valence-electron chi connectivity index (χ2n) is 5.20. The lowest BCUT2D eigenvalue weighted by atomic mass is 10.1. The number of carbonyl (C=O) groups excluding carboxylic acids is 1. The van der Waals surface area contributed by atoms with Crippen LogP contribution in [0.2, 0.25) is 0 Å². The molecule has 0 N–H and O–H groups in total. The summed E-state index contributed by atoms with van der Waals surface area (Å²) in [4.78, 5) is 15.2. The molecule has 0 amide bonds. The second kappa shape index (κ2) is 6.32. The molecular formula is C15H19N3O2. The highest BCUT2D eigenvalue weighted by Crippen LogP contribution is 2.19. The number of rotatable bonds is 6. The SMILES string of the molecule is Cc1ccc(OCc2ncnn2CC(C)C)c(C=O)c1. The zero-order valence-electron chi connectivity index (χ0n) is 12.0. The molecule has 0 saturated carbocycles. The predicted octanol–water partition coefficient (Wildman–Crippen LogP) is 2.63. The summed E-state index contributed by atoms with van der Waals surface area (Å²) < 4.78 is 7.53. The van der Waals surface area contributed by atoms with E-state index in [1.54, 1.807) is 6.07 Å². The number of aryl methyl sites for hydroxylation is 1. The average Bonchev–Trinajstić information content (AvgIpc) is 2.83. The molecule has 2 rings (SSSR count). The molecular weight excluding hydrogens is 254 g/mol. The van der Waals surface area contributed by atoms with Crippen molar-refractivity contribution in [2.45, 2.75) is 33.9 Å². The van der Waals surface area contributed by atoms with Gasteiger partial charge in [-0.2, -0.15) is 5.10 Å². The molecule has 0 unspecified atom stereocenters. The van der Waals surface area contributed by atoms with Crippen molar-refractivity contribution in [3.63, 3.8) is 0 Å². The van der Waals surface area contributed by atoms with Crippen molar-refractivity contribution in [1.82, 2.24) is 14.8 Å². The fourth-order valence-electron chi connectivity index (χ4n) is 1.93. The van der Waals surface area contributed by atoms with Crippen LogP contribution in [0.25, 0.3) is 0 Å². The molecule has 1 aromatic carbocycles. The number of carbonyl (C=O) groups is 1. The molecule has 0 aliphatic carbocycles. The summed E-state index contributed by atoms with van der Waals surface area (Å²) in [5, 5.41) is 4.18. The van der Waals surface area contributed by atoms with Gasteiger partial charge in [0.1, 0.15) is 18.7 Å². The predicted molar refractivity (Wildman–Crippen MR) is 75.8 cm³/mol. The Hall–Kier alpha value is -2.17. The molecule has 0 aliphatic heterocycles. The highest BCUT2D eigenvalue weighted by molar-refractivity contribution is 5.79. The number of aromatic nitrogens is 3. The summed E-state index contributed by atoms with van der Waals surface area (Å²) in [6.45, 7) is 7.29. The molecule has 20 heavy (non-hydrogen) atoms. The van der Waals surface area contributed by atoms with Crippen molar-refractivity contribution in [1.29, 1.82) is 0 Å². The van der Waals surface area contributed by atoms with E-state index in [0.29, 0.717) is 23.8 Å². The van der Waals surface area contributed by atoms with Crippen molar-refractivity contribution < 1.29 is 9.53 Å². The van der Waals surface area contributed by atoms with Crippen LogP contribution in [0.5, 0.6) is 5.75 Å². The molecule has 5 nitrogen and oxygen atoms in total. The van der Waals surface area contributed by atoms with E-state index in [2.05, 4.69) is 23.9 Å². The molecule has 0 radical (unpaired) electrons. The van der Waals surface area contributed by atoms with E-state index in [1.807, 2.05) is 23.7 Å². The zero-order chi connectivity index (χ0) is 14.5. The number of benzene rings is 1. The van der Waals surface area contributed by atoms with Gasteiger partial charge in [0.25, 0.3) is 0 Å². The van der Waals surface area contributed by atoms with E-state index in [4.69, 9.17) is 4.74 Å². The Morgan fingerprint density at radius 1 is 1.40 bits per heavy atom. The summed E-state index contributed by atoms with van der Waals surface area (Å²) in [6, 6.07) is 5.53. The van der Waals surface area contributed by atoms with E-state index in [0.717, 1.165) is 24.2 Å². The van der Waals surface area contributed by atoms with E-state index in [9.17, 15) is 4.79 Å². The fourth-order valence-corrected chi connectivity index (χ4v) is 1.93. The van der Waals surface area contributed by atoms with E-state index in [-0.39, 0.29) is 0 Å². The van der Waals surface area contributed by atoms with Gasteiger partial charge in [0, 0.05) is 6.54 Å². The summed E-state index contributed by atoms with van der Waals surface area (Å²) in [6.07, 6.45) is 2.33. The molecule has 5 heteroatoms. The van der Waals surface area contributed by atoms with Gasteiger partial charge in [-0.05, 0) is 25.0 Å². The number of nitrogens with zero attached hydrogens (tertiary/aromatic N) is 3. The van der Waals surface area contributed by atoms with Crippen molar-refractivity contribution in [2.24, 2.45) is 5.92 Å². The first kappa shape index (κ1) is 14.2. The minimum absolute atomic E-state index is 0.302. The Kier molecular flexibility index (Phi) is 4.50. The summed E-state index contributed by atoms with van der Waals surface area (Å²) in [7, 11) is 0. The first-order valence-corrected chi connectivity index (χ1v) is 6.65. The zero-order valence-corrected chi connectivity index (χ0v) is 12.0. The van der Waals surface area contributed by atoms with E-state index < -0.39 is 0 Å². The van der Waals surface area contributed by atoms with Crippen LogP contribution in [0.4, 0.5) is 0 Å². The molecule has 0 atom stereocenters. The number of hydrogen-bond donors (Lipinski definition) is 0. The van der Waals surface area contributed by atoms with Crippen LogP contribution in [0.15, 0.2) is 24.5 Å². The largest absolute Gasteiger partial charge is 0.485 e. The van der Waals surface area contributed by atoms with Crippen LogP contribution in [-0.2, 0) is 13.2 Å². The van der Waals surface area contributed by atoms with Crippen molar-refractivity contribution in [2.75, 3.05) is 0 Å². The lowest BCUT2D eigenvalue weighted by Gasteiger charge is -2.11. The van der Waals surface area contributed by atoms with Gasteiger partial charge in [-0.15, -0.1) is 0 Å². The van der Waals surface area contributed by atoms with Crippen molar-refractivity contribution in [3.05, 3.63) is 41.5 Å². The maximum atomic E-state index is 11.0. The number of aldehydes is 1. The van der Waals surface area contributed by atoms with Gasteiger partial charge >= 0.3 is 0 Å². The van der Waals surface area contributed by atoms with Gasteiger partial charge in [-0.1, -0.05) is 25.5 Å². The Bertz CT molecular complexity index is 591. The van der Waals surface area contributed by atoms with Gasteiger partial charge in [0.05, 0.1) is 5.56 Å². The van der Waals surface area contributed by atoms with Crippen LogP contribution < -0.4 is 4.74 Å². The van der Waals surface area contributed by atoms with Gasteiger partial charge in [0.2, 0.25) is 0 Å². The quantitative estimate of drug-likeness (QED) is 0.759. The van der Waals surface area contributed by atoms with Crippen LogP contribution in [-0.4, -0.2) is 21.1 Å². The van der Waals surface area contributed by atoms with Crippen LogP contribution in [0.1, 0.15) is 35.6 Å². The van der Waals surface area contributed by atoms with Crippen molar-refractivity contribution in [3.8, 4) is 5.75 Å². The van der Waals surface area contributed by atoms with Gasteiger partial charge in [-0.3, -0.25) is 4.79 Å². The first-order chi connectivity index (χ1) is 9.60. The molecule has 0 aliphatic rings. The molecule has 1 heterocycles. The third-order valence-corrected chi connectivity index (χ3v) is 2.88. The Balaban J connectivity index is 2.09. The third kappa shape index (κ3) is 3.44. The molecule has 0 spiro atoms. The minimum Gasteiger partial charge on any atom is -0.485 e. The maximum absolute atomic E-state index is 11.0. The van der Waals surface area contributed by atoms with Gasteiger partial charge in [0.15, 0.2) is 12.1 Å². The Labute approximate surface area is 118 Å². The summed E-state index contributed by atoms with van der Waals surface area (Å²) in [5.41, 5.74) is 1.59. The van der Waals surface area contributed by atoms with Crippen LogP contribution >= 0.6 is 0 Å². The highest BCUT2D eigenvalue weighted by Gasteiger charge is 2.09. The van der Waals surface area contributed by atoms with Crippen molar-refractivity contribution >= 4 is 6.29 Å². The molecule has 1 aromatic heterocycles. The molecule has 0 fully saturated rings. The summed E-state index contributed by atoms with van der Waals surface area (Å²) in [5.74, 6) is 1.82. The van der Waals surface area contributed by atoms with Crippen LogP contribution in [0, 0.1) is 12.8 Å². The number of hydrogen-bond acceptors (Lipinski definition) is 4. The smallest absolute Gasteiger partial charge is 0.164 e. The topological polar surface area (TPSA) is 57.0 Å². The maximum Gasteiger partial charge on any atom is 0.164 e. The monoisotopic (exact) mass is 273 g/mol. The lowest BCUT2D eigenvalue weighted by Crippen LogP contribution is -2.12. The Morgan fingerprint density at radius 3 is 2.90 bits per heavy atom. The average molecular weight is 273 g/mol. The molecule has 0 bridgehead atoms. The van der Waals surface area contributed by atoms with Crippen LogP contribution in [0.3, 0.4) is 0 Å². The molecule has 106 valence electrons. The van der Waals surface area contributed by atoms with Gasteiger partial charge < -0.3 is 4.74 Å². The van der Waals surface area contributed by atoms with E-state index >= 15 is 0 Å². The molecule has 2 aromatic rings. The van der Waals surface area contributed by atoms with E-state index in [1.165, 1.54) is 6.33 Å². The molecule has 0 saturated heterocycles. The second-order valence-corrected chi connectivity index (χ2v) is 5.20. The van der Waals surface area contributed by atoms with Gasteiger partial charge in [-0.25, -0.2) is 9.67 Å². The third-order valence-electron chi connectivity index (χ3n) is 2.88. The highest BCUT2D eigenvalue weighted by atomic mass is 16.5. The summed E-state index contributed by atoms with van der Waals surface area (Å²) >= 11 is 0. The fraction of sp³-hybridized carbons (Fsp3) is 0.400. The first-order valence-electron chi connectivity index (χ1n) is 6.65. The number of ether oxygens (including phenoxy) is 1. The minimum atomic E-state index is 0.302. The lowest BCUT2D eigenvalue weighted by molar-refractivity contribution is 0.111.